The Morgan fingerprint density at radius 2 is 2.10 bits per heavy atom. The molecule has 0 radical (unpaired) electrons. The minimum absolute atomic E-state index is 0.0799. The second kappa shape index (κ2) is 8.49. The number of carbonyl (C=O) groups is 1. The zero-order chi connectivity index (χ0) is 20.4. The molecule has 4 rings (SSSR count). The van der Waals surface area contributed by atoms with Gasteiger partial charge < -0.3 is 5.32 Å². The molecule has 0 spiro atoms. The van der Waals surface area contributed by atoms with Crippen LogP contribution in [0.4, 0.5) is 5.69 Å². The van der Waals surface area contributed by atoms with E-state index in [9.17, 15) is 13.2 Å². The SMILES string of the molecule is O=C(Nc1cccc(Cl)c1)c1nnc([C@@H]2CCCN(S(=O)(=O)c3cccs3)C2)s1. The standard InChI is InChI=1S/C18H17ClN4O3S3/c19-13-5-1-6-14(10-13)20-16(24)18-22-21-17(28-18)12-4-2-8-23(11-12)29(25,26)15-7-3-9-27-15/h1,3,5-7,9-10,12H,2,4,8,11H2,(H,20,24)/t12-/m1/s1. The molecule has 11 heteroatoms. The van der Waals surface area contributed by atoms with Crippen molar-refractivity contribution in [3.05, 3.63) is 56.8 Å². The highest BCUT2D eigenvalue weighted by molar-refractivity contribution is 7.91. The first kappa shape index (κ1) is 20.4. The molecule has 0 unspecified atom stereocenters. The molecule has 1 aliphatic heterocycles. The van der Waals surface area contributed by atoms with Gasteiger partial charge in [-0.05, 0) is 42.5 Å². The van der Waals surface area contributed by atoms with Gasteiger partial charge in [-0.25, -0.2) is 8.42 Å². The molecule has 1 amide bonds. The molecule has 29 heavy (non-hydrogen) atoms. The molecule has 0 aliphatic carbocycles. The summed E-state index contributed by atoms with van der Waals surface area (Å²) in [5.74, 6) is -0.446. The molecule has 3 aromatic rings. The summed E-state index contributed by atoms with van der Waals surface area (Å²) in [4.78, 5) is 12.4. The van der Waals surface area contributed by atoms with Crippen LogP contribution in [0.3, 0.4) is 0 Å². The number of aromatic nitrogens is 2. The lowest BCUT2D eigenvalue weighted by atomic mass is 10.0. The second-order valence-corrected chi connectivity index (χ2v) is 11.1. The molecule has 1 fully saturated rings. The monoisotopic (exact) mass is 468 g/mol. The molecular formula is C18H17ClN4O3S3. The number of benzene rings is 1. The Hall–Kier alpha value is -1.85. The van der Waals surface area contributed by atoms with Gasteiger partial charge in [-0.1, -0.05) is 35.1 Å². The molecule has 7 nitrogen and oxygen atoms in total. The van der Waals surface area contributed by atoms with Crippen molar-refractivity contribution in [1.29, 1.82) is 0 Å². The third kappa shape index (κ3) is 4.51. The smallest absolute Gasteiger partial charge is 0.286 e. The summed E-state index contributed by atoms with van der Waals surface area (Å²) in [7, 11) is -3.50. The van der Waals surface area contributed by atoms with Crippen molar-refractivity contribution >= 4 is 55.9 Å². The lowest BCUT2D eigenvalue weighted by Gasteiger charge is -2.30. The Labute approximate surface area is 181 Å². The lowest BCUT2D eigenvalue weighted by molar-refractivity contribution is 0.102. The number of nitrogens with one attached hydrogen (secondary N) is 1. The van der Waals surface area contributed by atoms with Gasteiger partial charge >= 0.3 is 0 Å². The number of halogens is 1. The molecule has 2 aromatic heterocycles. The van der Waals surface area contributed by atoms with E-state index in [2.05, 4.69) is 15.5 Å². The fourth-order valence-corrected chi connectivity index (χ4v) is 6.86. The number of hydrogen-bond donors (Lipinski definition) is 1. The number of rotatable bonds is 5. The highest BCUT2D eigenvalue weighted by atomic mass is 35.5. The average Bonchev–Trinajstić information content (AvgIpc) is 3.41. The number of hydrogen-bond acceptors (Lipinski definition) is 7. The summed E-state index contributed by atoms with van der Waals surface area (Å²) < 4.78 is 27.4. The van der Waals surface area contributed by atoms with Crippen molar-refractivity contribution in [2.24, 2.45) is 0 Å². The normalized spacial score (nSPS) is 17.9. The zero-order valence-electron chi connectivity index (χ0n) is 15.1. The topological polar surface area (TPSA) is 92.3 Å². The zero-order valence-corrected chi connectivity index (χ0v) is 18.3. The van der Waals surface area contributed by atoms with E-state index in [1.54, 1.807) is 41.8 Å². The third-order valence-electron chi connectivity index (χ3n) is 4.54. The minimum Gasteiger partial charge on any atom is -0.320 e. The van der Waals surface area contributed by atoms with E-state index < -0.39 is 10.0 Å². The first-order valence-corrected chi connectivity index (χ1v) is 12.4. The molecule has 1 aliphatic rings. The first-order chi connectivity index (χ1) is 13.9. The molecular weight excluding hydrogens is 452 g/mol. The maximum atomic E-state index is 12.8. The van der Waals surface area contributed by atoms with Gasteiger partial charge in [0.1, 0.15) is 9.22 Å². The van der Waals surface area contributed by atoms with Gasteiger partial charge in [0.25, 0.3) is 15.9 Å². The van der Waals surface area contributed by atoms with Gasteiger partial charge in [-0.3, -0.25) is 4.79 Å². The summed E-state index contributed by atoms with van der Waals surface area (Å²) in [5.41, 5.74) is 0.574. The van der Waals surface area contributed by atoms with Crippen molar-refractivity contribution in [2.75, 3.05) is 18.4 Å². The summed E-state index contributed by atoms with van der Waals surface area (Å²) >= 11 is 8.35. The molecule has 0 saturated carbocycles. The van der Waals surface area contributed by atoms with Gasteiger partial charge in [0, 0.05) is 29.7 Å². The van der Waals surface area contributed by atoms with E-state index in [0.29, 0.717) is 33.0 Å². The van der Waals surface area contributed by atoms with E-state index in [1.807, 2.05) is 0 Å². The van der Waals surface area contributed by atoms with Crippen LogP contribution in [0, 0.1) is 0 Å². The number of anilines is 1. The molecule has 1 saturated heterocycles. The lowest BCUT2D eigenvalue weighted by Crippen LogP contribution is -2.38. The van der Waals surface area contributed by atoms with Gasteiger partial charge in [0.15, 0.2) is 0 Å². The van der Waals surface area contributed by atoms with E-state index in [4.69, 9.17) is 11.6 Å². The summed E-state index contributed by atoms with van der Waals surface area (Å²) in [6.07, 6.45) is 1.54. The van der Waals surface area contributed by atoms with Crippen LogP contribution in [0.2, 0.25) is 5.02 Å². The van der Waals surface area contributed by atoms with E-state index in [0.717, 1.165) is 12.8 Å². The van der Waals surface area contributed by atoms with Gasteiger partial charge in [-0.15, -0.1) is 21.5 Å². The van der Waals surface area contributed by atoms with Gasteiger partial charge in [0.05, 0.1) is 0 Å². The Morgan fingerprint density at radius 1 is 1.24 bits per heavy atom. The fourth-order valence-electron chi connectivity index (χ4n) is 3.14. The van der Waals surface area contributed by atoms with Crippen LogP contribution in [0.1, 0.15) is 33.6 Å². The van der Waals surface area contributed by atoms with Crippen LogP contribution in [0.25, 0.3) is 0 Å². The van der Waals surface area contributed by atoms with Crippen LogP contribution in [-0.2, 0) is 10.0 Å². The number of amides is 1. The van der Waals surface area contributed by atoms with Crippen LogP contribution in [0.5, 0.6) is 0 Å². The fraction of sp³-hybridized carbons (Fsp3) is 0.278. The number of sulfonamides is 1. The van der Waals surface area contributed by atoms with Gasteiger partial charge in [-0.2, -0.15) is 4.31 Å². The molecule has 1 N–H and O–H groups in total. The van der Waals surface area contributed by atoms with Crippen molar-refractivity contribution < 1.29 is 13.2 Å². The Bertz CT molecular complexity index is 1120. The molecule has 1 atom stereocenters. The maximum Gasteiger partial charge on any atom is 0.286 e. The minimum atomic E-state index is -3.50. The van der Waals surface area contributed by atoms with Crippen LogP contribution in [-0.4, -0.2) is 41.9 Å². The van der Waals surface area contributed by atoms with Crippen molar-refractivity contribution in [2.45, 2.75) is 23.0 Å². The van der Waals surface area contributed by atoms with Crippen LogP contribution < -0.4 is 5.32 Å². The van der Waals surface area contributed by atoms with Crippen molar-refractivity contribution in [3.8, 4) is 0 Å². The highest BCUT2D eigenvalue weighted by Crippen LogP contribution is 2.33. The number of nitrogens with zero attached hydrogens (tertiary/aromatic N) is 3. The quantitative estimate of drug-likeness (QED) is 0.609. The maximum absolute atomic E-state index is 12.8. The highest BCUT2D eigenvalue weighted by Gasteiger charge is 2.33. The van der Waals surface area contributed by atoms with Crippen LogP contribution in [0.15, 0.2) is 46.0 Å². The molecule has 1 aromatic carbocycles. The average molecular weight is 469 g/mol. The van der Waals surface area contributed by atoms with E-state index >= 15 is 0 Å². The Kier molecular flexibility index (Phi) is 5.98. The summed E-state index contributed by atoms with van der Waals surface area (Å²) in [5, 5.41) is 14.1. The first-order valence-electron chi connectivity index (χ1n) is 8.87. The molecule has 3 heterocycles. The predicted octanol–water partition coefficient (Wildman–Crippen LogP) is 4.07. The number of piperidine rings is 1. The second-order valence-electron chi connectivity index (χ2n) is 6.54. The van der Waals surface area contributed by atoms with E-state index in [-0.39, 0.29) is 16.8 Å². The molecule has 152 valence electrons. The van der Waals surface area contributed by atoms with E-state index in [1.165, 1.54) is 27.0 Å². The van der Waals surface area contributed by atoms with Crippen LogP contribution >= 0.6 is 34.3 Å². The Morgan fingerprint density at radius 3 is 2.86 bits per heavy atom. The van der Waals surface area contributed by atoms with Gasteiger partial charge in [0.2, 0.25) is 5.01 Å². The van der Waals surface area contributed by atoms with Crippen molar-refractivity contribution in [3.63, 3.8) is 0 Å². The number of thiophene rings is 1. The predicted molar refractivity (Wildman–Crippen MR) is 114 cm³/mol. The third-order valence-corrected chi connectivity index (χ3v) is 9.10. The Balaban J connectivity index is 1.47. The molecule has 0 bridgehead atoms. The largest absolute Gasteiger partial charge is 0.320 e. The van der Waals surface area contributed by atoms with Crippen molar-refractivity contribution in [1.82, 2.24) is 14.5 Å². The summed E-state index contributed by atoms with van der Waals surface area (Å²) in [6.45, 7) is 0.822. The number of carbonyl (C=O) groups excluding carboxylic acids is 1. The summed E-state index contributed by atoms with van der Waals surface area (Å²) in [6, 6.07) is 10.2.